The van der Waals surface area contributed by atoms with Gasteiger partial charge in [-0.25, -0.2) is 36.1 Å². The lowest BCUT2D eigenvalue weighted by atomic mass is 9.41. The Bertz CT molecular complexity index is 1580. The Morgan fingerprint density at radius 2 is 1.77 bits per heavy atom. The fourth-order valence-electron chi connectivity index (χ4n) is 7.39. The third-order valence-corrected chi connectivity index (χ3v) is 9.72. The molecule has 0 spiro atoms. The zero-order chi connectivity index (χ0) is 30.4. The summed E-state index contributed by atoms with van der Waals surface area (Å²) in [5.74, 6) is -7.06. The molecular formula is C28H30F5N7O3. The first kappa shape index (κ1) is 28.1. The number of hydrogen-bond acceptors (Lipinski definition) is 7. The number of rotatable bonds is 6. The van der Waals surface area contributed by atoms with E-state index < -0.39 is 53.8 Å². The van der Waals surface area contributed by atoms with E-state index in [-0.39, 0.29) is 80.4 Å². The van der Waals surface area contributed by atoms with Crippen molar-refractivity contribution in [1.29, 1.82) is 0 Å². The molecule has 2 atom stereocenters. The van der Waals surface area contributed by atoms with Crippen LogP contribution in [0.1, 0.15) is 97.3 Å². The average molecular weight is 608 g/mol. The van der Waals surface area contributed by atoms with Crippen molar-refractivity contribution < 1.29 is 36.2 Å². The monoisotopic (exact) mass is 607 g/mol. The number of nitrogens with one attached hydrogen (secondary N) is 1. The van der Waals surface area contributed by atoms with Crippen LogP contribution in [0, 0.1) is 18.3 Å². The molecule has 2 unspecified atom stereocenters. The molecule has 2 bridgehead atoms. The highest BCUT2D eigenvalue weighted by atomic mass is 19.3. The topological polar surface area (TPSA) is 119 Å². The molecule has 0 radical (unpaired) electrons. The first-order valence-corrected chi connectivity index (χ1v) is 14.5. The van der Waals surface area contributed by atoms with Gasteiger partial charge in [0.15, 0.2) is 11.3 Å². The quantitative estimate of drug-likeness (QED) is 0.396. The van der Waals surface area contributed by atoms with Gasteiger partial charge in [0.25, 0.3) is 11.8 Å². The van der Waals surface area contributed by atoms with E-state index >= 15 is 0 Å². The number of alkyl halides is 5. The second-order valence-electron chi connectivity index (χ2n) is 12.9. The molecule has 0 aromatic carbocycles. The van der Waals surface area contributed by atoms with Gasteiger partial charge in [-0.3, -0.25) is 9.59 Å². The summed E-state index contributed by atoms with van der Waals surface area (Å²) in [6.45, 7) is 1.39. The van der Waals surface area contributed by atoms with Crippen molar-refractivity contribution in [1.82, 2.24) is 35.1 Å². The Labute approximate surface area is 242 Å². The van der Waals surface area contributed by atoms with Crippen molar-refractivity contribution in [3.05, 3.63) is 41.1 Å². The molecular weight excluding hydrogens is 577 g/mol. The van der Waals surface area contributed by atoms with Crippen molar-refractivity contribution in [2.45, 2.75) is 94.3 Å². The van der Waals surface area contributed by atoms with Crippen LogP contribution in [-0.4, -0.2) is 65.7 Å². The van der Waals surface area contributed by atoms with Crippen molar-refractivity contribution >= 4 is 17.5 Å². The lowest BCUT2D eigenvalue weighted by molar-refractivity contribution is -0.227. The lowest BCUT2D eigenvalue weighted by Crippen LogP contribution is -2.71. The standard InChI is InChI=1S/C28H30F5N7O3/c1-15-21(38-43-37-15)23(41)36-22(16-2-4-27(30,31)5-3-16)18-11-40-20(35-18)8-17(10-34-40)19-9-28(32,33)6-7-39(19)24(42)25-12-26(29,13-25)14-25/h8,10-11,16,19,22H,2-7,9,12-14H2,1H3,(H,36,41). The van der Waals surface area contributed by atoms with Crippen LogP contribution in [0.2, 0.25) is 0 Å². The van der Waals surface area contributed by atoms with Gasteiger partial charge in [-0.05, 0) is 61.7 Å². The van der Waals surface area contributed by atoms with Gasteiger partial charge in [0, 0.05) is 32.2 Å². The molecule has 4 saturated carbocycles. The van der Waals surface area contributed by atoms with E-state index in [0.29, 0.717) is 11.3 Å². The van der Waals surface area contributed by atoms with Crippen LogP contribution in [-0.2, 0) is 4.79 Å². The number of halogens is 5. The third-order valence-electron chi connectivity index (χ3n) is 9.72. The zero-order valence-electron chi connectivity index (χ0n) is 23.3. The summed E-state index contributed by atoms with van der Waals surface area (Å²) in [6.07, 6.45) is 1.88. The molecule has 8 rings (SSSR count). The number of amides is 2. The molecule has 1 aliphatic heterocycles. The van der Waals surface area contributed by atoms with E-state index in [1.165, 1.54) is 15.6 Å². The number of fused-ring (bicyclic) bond motifs is 1. The van der Waals surface area contributed by atoms with Crippen molar-refractivity contribution in [3.8, 4) is 0 Å². The predicted molar refractivity (Wildman–Crippen MR) is 138 cm³/mol. The second kappa shape index (κ2) is 9.42. The van der Waals surface area contributed by atoms with E-state index in [1.54, 1.807) is 19.2 Å². The molecule has 4 aliphatic carbocycles. The van der Waals surface area contributed by atoms with Crippen molar-refractivity contribution in [2.24, 2.45) is 11.3 Å². The normalized spacial score (nSPS) is 30.4. The number of imidazole rings is 1. The van der Waals surface area contributed by atoms with E-state index in [0.717, 1.165) is 0 Å². The van der Waals surface area contributed by atoms with Gasteiger partial charge in [-0.1, -0.05) is 5.16 Å². The van der Waals surface area contributed by atoms with Crippen LogP contribution in [0.25, 0.3) is 5.65 Å². The molecule has 3 aromatic heterocycles. The van der Waals surface area contributed by atoms with E-state index in [4.69, 9.17) is 0 Å². The summed E-state index contributed by atoms with van der Waals surface area (Å²) in [4.78, 5) is 32.6. The van der Waals surface area contributed by atoms with Gasteiger partial charge >= 0.3 is 0 Å². The zero-order valence-corrected chi connectivity index (χ0v) is 23.3. The number of nitrogens with zero attached hydrogens (tertiary/aromatic N) is 6. The Morgan fingerprint density at radius 3 is 2.42 bits per heavy atom. The predicted octanol–water partition coefficient (Wildman–Crippen LogP) is 4.91. The Morgan fingerprint density at radius 1 is 1.05 bits per heavy atom. The van der Waals surface area contributed by atoms with Gasteiger partial charge in [0.1, 0.15) is 11.4 Å². The van der Waals surface area contributed by atoms with Crippen LogP contribution in [0.15, 0.2) is 23.1 Å². The highest BCUT2D eigenvalue weighted by Crippen LogP contribution is 2.70. The van der Waals surface area contributed by atoms with Gasteiger partial charge in [-0.2, -0.15) is 5.10 Å². The Hall–Kier alpha value is -3.65. The molecule has 15 heteroatoms. The smallest absolute Gasteiger partial charge is 0.276 e. The number of piperidine rings is 1. The largest absolute Gasteiger partial charge is 0.342 e. The van der Waals surface area contributed by atoms with E-state index in [9.17, 15) is 31.5 Å². The summed E-state index contributed by atoms with van der Waals surface area (Å²) in [5, 5.41) is 14.5. The maximum Gasteiger partial charge on any atom is 0.276 e. The van der Waals surface area contributed by atoms with Crippen LogP contribution in [0.5, 0.6) is 0 Å². The molecule has 1 N–H and O–H groups in total. The van der Waals surface area contributed by atoms with Crippen LogP contribution in [0.3, 0.4) is 0 Å². The number of aromatic nitrogens is 5. The molecule has 5 fully saturated rings. The van der Waals surface area contributed by atoms with Gasteiger partial charge in [0.2, 0.25) is 11.8 Å². The Balaban J connectivity index is 1.19. The lowest BCUT2D eigenvalue weighted by Gasteiger charge is -2.65. The SMILES string of the molecule is Cc1nonc1C(=O)NC(c1cn2ncc(C3CC(F)(F)CCN3C(=O)C34CC(F)(C3)C4)cc2n1)C1CCC(F)(F)CC1. The van der Waals surface area contributed by atoms with Gasteiger partial charge in [0.05, 0.1) is 35.6 Å². The molecule has 10 nitrogen and oxygen atoms in total. The summed E-state index contributed by atoms with van der Waals surface area (Å²) in [7, 11) is 0. The minimum atomic E-state index is -3.00. The van der Waals surface area contributed by atoms with Crippen LogP contribution >= 0.6 is 0 Å². The first-order chi connectivity index (χ1) is 20.3. The Kier molecular flexibility index (Phi) is 6.17. The molecule has 43 heavy (non-hydrogen) atoms. The summed E-state index contributed by atoms with van der Waals surface area (Å²) < 4.78 is 77.5. The summed E-state index contributed by atoms with van der Waals surface area (Å²) >= 11 is 0. The number of likely N-dealkylation sites (tertiary alicyclic amines) is 1. The summed E-state index contributed by atoms with van der Waals surface area (Å²) in [5.41, 5.74) is -0.898. The maximum atomic E-state index is 14.6. The van der Waals surface area contributed by atoms with Crippen LogP contribution < -0.4 is 5.32 Å². The minimum Gasteiger partial charge on any atom is -0.342 e. The third kappa shape index (κ3) is 4.84. The molecule has 1 saturated heterocycles. The molecule has 3 aromatic rings. The highest BCUT2D eigenvalue weighted by Gasteiger charge is 2.74. The van der Waals surface area contributed by atoms with Gasteiger partial charge in [-0.15, -0.1) is 0 Å². The van der Waals surface area contributed by atoms with Crippen LogP contribution in [0.4, 0.5) is 22.0 Å². The first-order valence-electron chi connectivity index (χ1n) is 14.5. The fourth-order valence-corrected chi connectivity index (χ4v) is 7.39. The second-order valence-corrected chi connectivity index (χ2v) is 12.9. The average Bonchev–Trinajstić information content (AvgIpc) is 3.54. The number of carbonyl (C=O) groups excluding carboxylic acids is 2. The number of aryl methyl sites for hydroxylation is 1. The number of hydrogen-bond donors (Lipinski definition) is 1. The number of carbonyl (C=O) groups is 2. The van der Waals surface area contributed by atoms with E-state index in [1.807, 2.05) is 0 Å². The minimum absolute atomic E-state index is 0.0410. The van der Waals surface area contributed by atoms with Crippen molar-refractivity contribution in [2.75, 3.05) is 6.54 Å². The fraction of sp³-hybridized carbons (Fsp3) is 0.643. The molecule has 230 valence electrons. The molecule has 5 aliphatic rings. The van der Waals surface area contributed by atoms with Gasteiger partial charge < -0.3 is 10.2 Å². The molecule has 4 heterocycles. The van der Waals surface area contributed by atoms with Crippen molar-refractivity contribution in [3.63, 3.8) is 0 Å². The summed E-state index contributed by atoms with van der Waals surface area (Å²) in [6, 6.07) is -0.183. The highest BCUT2D eigenvalue weighted by molar-refractivity contribution is 5.93. The maximum absolute atomic E-state index is 14.6. The molecule has 2 amide bonds. The van der Waals surface area contributed by atoms with E-state index in [2.05, 4.69) is 30.3 Å².